The molecule has 80 valence electrons. The molecule has 0 amide bonds. The summed E-state index contributed by atoms with van der Waals surface area (Å²) in [4.78, 5) is 0. The average molecular weight is 187 g/mol. The lowest BCUT2D eigenvalue weighted by atomic mass is 9.98. The molecule has 0 bridgehead atoms. The second-order valence-corrected chi connectivity index (χ2v) is 4.38. The van der Waals surface area contributed by atoms with Crippen molar-refractivity contribution in [3.05, 3.63) is 0 Å². The van der Waals surface area contributed by atoms with Crippen LogP contribution in [0, 0.1) is 0 Å². The topological polar surface area (TPSA) is 35.2 Å². The molecule has 0 saturated carbocycles. The fourth-order valence-electron chi connectivity index (χ4n) is 1.26. The number of methoxy groups -OCH3 is 1. The molecule has 0 spiro atoms. The van der Waals surface area contributed by atoms with Crippen molar-refractivity contribution in [1.82, 2.24) is 0 Å². The summed E-state index contributed by atoms with van der Waals surface area (Å²) in [6.45, 7) is 6.41. The van der Waals surface area contributed by atoms with E-state index in [1.807, 2.05) is 0 Å². The zero-order valence-electron chi connectivity index (χ0n) is 9.60. The van der Waals surface area contributed by atoms with E-state index < -0.39 is 0 Å². The molecule has 1 atom stereocenters. The van der Waals surface area contributed by atoms with Crippen molar-refractivity contribution in [2.24, 2.45) is 5.73 Å². The predicted octanol–water partition coefficient (Wildman–Crippen LogP) is 2.71. The maximum absolute atomic E-state index is 5.82. The zero-order valence-corrected chi connectivity index (χ0v) is 9.60. The Hall–Kier alpha value is -0.0800. The molecule has 0 aliphatic rings. The molecule has 0 aromatic carbocycles. The van der Waals surface area contributed by atoms with E-state index in [9.17, 15) is 0 Å². The van der Waals surface area contributed by atoms with Crippen LogP contribution < -0.4 is 5.73 Å². The normalized spacial score (nSPS) is 14.5. The largest absolute Gasteiger partial charge is 0.379 e. The van der Waals surface area contributed by atoms with Crippen LogP contribution in [0.15, 0.2) is 0 Å². The lowest BCUT2D eigenvalue weighted by Gasteiger charge is -2.22. The van der Waals surface area contributed by atoms with Crippen molar-refractivity contribution in [2.45, 2.75) is 64.5 Å². The fourth-order valence-corrected chi connectivity index (χ4v) is 1.26. The van der Waals surface area contributed by atoms with Gasteiger partial charge in [-0.2, -0.15) is 0 Å². The molecule has 2 N–H and O–H groups in total. The van der Waals surface area contributed by atoms with Gasteiger partial charge in [0.05, 0.1) is 5.60 Å². The van der Waals surface area contributed by atoms with Crippen molar-refractivity contribution in [3.63, 3.8) is 0 Å². The molecular weight excluding hydrogens is 162 g/mol. The molecule has 0 fully saturated rings. The van der Waals surface area contributed by atoms with Crippen LogP contribution in [0.1, 0.15) is 52.9 Å². The van der Waals surface area contributed by atoms with Gasteiger partial charge < -0.3 is 10.5 Å². The second-order valence-electron chi connectivity index (χ2n) is 4.38. The van der Waals surface area contributed by atoms with Gasteiger partial charge in [-0.1, -0.05) is 19.8 Å². The third kappa shape index (κ3) is 7.03. The summed E-state index contributed by atoms with van der Waals surface area (Å²) in [6, 6.07) is 0.394. The van der Waals surface area contributed by atoms with Gasteiger partial charge >= 0.3 is 0 Å². The van der Waals surface area contributed by atoms with Gasteiger partial charge in [0.2, 0.25) is 0 Å². The van der Waals surface area contributed by atoms with Gasteiger partial charge in [0.15, 0.2) is 0 Å². The Balaban J connectivity index is 3.35. The summed E-state index contributed by atoms with van der Waals surface area (Å²) in [5.41, 5.74) is 5.86. The minimum Gasteiger partial charge on any atom is -0.379 e. The summed E-state index contributed by atoms with van der Waals surface area (Å²) in [7, 11) is 1.78. The lowest BCUT2D eigenvalue weighted by Crippen LogP contribution is -2.23. The van der Waals surface area contributed by atoms with E-state index in [1.165, 1.54) is 12.8 Å². The molecule has 0 heterocycles. The van der Waals surface area contributed by atoms with Crippen molar-refractivity contribution in [1.29, 1.82) is 0 Å². The van der Waals surface area contributed by atoms with Gasteiger partial charge in [-0.15, -0.1) is 0 Å². The third-order valence-electron chi connectivity index (χ3n) is 2.68. The van der Waals surface area contributed by atoms with E-state index in [0.717, 1.165) is 19.3 Å². The highest BCUT2D eigenvalue weighted by atomic mass is 16.5. The Bertz CT molecular complexity index is 123. The number of ether oxygens (including phenoxy) is 1. The van der Waals surface area contributed by atoms with Crippen molar-refractivity contribution >= 4 is 0 Å². The summed E-state index contributed by atoms with van der Waals surface area (Å²) < 4.78 is 5.34. The Morgan fingerprint density at radius 1 is 1.31 bits per heavy atom. The molecule has 13 heavy (non-hydrogen) atoms. The minimum absolute atomic E-state index is 0.0380. The predicted molar refractivity (Wildman–Crippen MR) is 57.8 cm³/mol. The van der Waals surface area contributed by atoms with Crippen LogP contribution in [0.5, 0.6) is 0 Å². The van der Waals surface area contributed by atoms with Gasteiger partial charge in [0, 0.05) is 13.2 Å². The van der Waals surface area contributed by atoms with E-state index >= 15 is 0 Å². The smallest absolute Gasteiger partial charge is 0.0622 e. The number of nitrogens with two attached hydrogens (primary N) is 1. The first-order valence-electron chi connectivity index (χ1n) is 5.32. The number of hydrogen-bond acceptors (Lipinski definition) is 2. The monoisotopic (exact) mass is 187 g/mol. The highest BCUT2D eigenvalue weighted by Gasteiger charge is 2.15. The Morgan fingerprint density at radius 2 is 1.92 bits per heavy atom. The van der Waals surface area contributed by atoms with Crippen molar-refractivity contribution in [2.75, 3.05) is 7.11 Å². The standard InChI is InChI=1S/C11H25NO/c1-5-10(12)8-6-7-9-11(2,3)13-4/h10H,5-9,12H2,1-4H3. The van der Waals surface area contributed by atoms with Gasteiger partial charge in [-0.05, 0) is 33.1 Å². The lowest BCUT2D eigenvalue weighted by molar-refractivity contribution is 0.0133. The second kappa shape index (κ2) is 6.39. The molecule has 0 radical (unpaired) electrons. The van der Waals surface area contributed by atoms with Crippen LogP contribution in [0.2, 0.25) is 0 Å². The molecule has 2 nitrogen and oxygen atoms in total. The molecule has 0 saturated heterocycles. The van der Waals surface area contributed by atoms with E-state index in [1.54, 1.807) is 7.11 Å². The van der Waals surface area contributed by atoms with E-state index in [0.29, 0.717) is 6.04 Å². The van der Waals surface area contributed by atoms with Gasteiger partial charge in [0.1, 0.15) is 0 Å². The number of rotatable bonds is 7. The van der Waals surface area contributed by atoms with Crippen molar-refractivity contribution < 1.29 is 4.74 Å². The Labute approximate surface area is 82.8 Å². The molecule has 2 heteroatoms. The minimum atomic E-state index is 0.0380. The SMILES string of the molecule is CCC(N)CCCCC(C)(C)OC. The molecule has 0 aliphatic heterocycles. The zero-order chi connectivity index (χ0) is 10.3. The van der Waals surface area contributed by atoms with E-state index in [2.05, 4.69) is 20.8 Å². The Kier molecular flexibility index (Phi) is 6.35. The Morgan fingerprint density at radius 3 is 2.38 bits per heavy atom. The van der Waals surface area contributed by atoms with Crippen LogP contribution in [0.3, 0.4) is 0 Å². The molecule has 1 unspecified atom stereocenters. The average Bonchev–Trinajstić information content (AvgIpc) is 2.12. The van der Waals surface area contributed by atoms with Crippen LogP contribution in [0.4, 0.5) is 0 Å². The highest BCUT2D eigenvalue weighted by molar-refractivity contribution is 4.68. The molecule has 0 aliphatic carbocycles. The highest BCUT2D eigenvalue weighted by Crippen LogP contribution is 2.17. The first kappa shape index (κ1) is 12.9. The van der Waals surface area contributed by atoms with Crippen LogP contribution in [-0.4, -0.2) is 18.8 Å². The number of unbranched alkanes of at least 4 members (excludes halogenated alkanes) is 1. The molecule has 0 aromatic rings. The summed E-state index contributed by atoms with van der Waals surface area (Å²) >= 11 is 0. The third-order valence-corrected chi connectivity index (χ3v) is 2.68. The van der Waals surface area contributed by atoms with Gasteiger partial charge in [0.25, 0.3) is 0 Å². The number of hydrogen-bond donors (Lipinski definition) is 1. The first-order valence-corrected chi connectivity index (χ1v) is 5.32. The summed E-state index contributed by atoms with van der Waals surface area (Å²) in [5.74, 6) is 0. The van der Waals surface area contributed by atoms with Gasteiger partial charge in [-0.3, -0.25) is 0 Å². The van der Waals surface area contributed by atoms with E-state index in [4.69, 9.17) is 10.5 Å². The maximum atomic E-state index is 5.82. The summed E-state index contributed by atoms with van der Waals surface area (Å²) in [5, 5.41) is 0. The van der Waals surface area contributed by atoms with Crippen molar-refractivity contribution in [3.8, 4) is 0 Å². The van der Waals surface area contributed by atoms with Crippen LogP contribution in [-0.2, 0) is 4.74 Å². The van der Waals surface area contributed by atoms with Crippen LogP contribution in [0.25, 0.3) is 0 Å². The summed E-state index contributed by atoms with van der Waals surface area (Å²) in [6.07, 6.45) is 5.81. The van der Waals surface area contributed by atoms with E-state index in [-0.39, 0.29) is 5.60 Å². The first-order chi connectivity index (χ1) is 6.02. The molecule has 0 aromatic heterocycles. The van der Waals surface area contributed by atoms with Crippen LogP contribution >= 0.6 is 0 Å². The molecular formula is C11H25NO. The maximum Gasteiger partial charge on any atom is 0.0622 e. The fraction of sp³-hybridized carbons (Fsp3) is 1.00. The van der Waals surface area contributed by atoms with Gasteiger partial charge in [-0.25, -0.2) is 0 Å². The quantitative estimate of drug-likeness (QED) is 0.622. The molecule has 0 rings (SSSR count).